The Labute approximate surface area is 66.3 Å². The van der Waals surface area contributed by atoms with Crippen molar-refractivity contribution >= 4 is 11.3 Å². The molecule has 0 aliphatic rings. The first-order valence-electron chi connectivity index (χ1n) is 3.51. The highest BCUT2D eigenvalue weighted by Gasteiger charge is 1.96. The van der Waals surface area contributed by atoms with Crippen molar-refractivity contribution in [3.8, 4) is 0 Å². The van der Waals surface area contributed by atoms with Crippen molar-refractivity contribution in [2.24, 2.45) is 0 Å². The minimum absolute atomic E-state index is 0.304. The third-order valence-corrected chi connectivity index (χ3v) is 1.73. The van der Waals surface area contributed by atoms with Gasteiger partial charge in [-0.15, -0.1) is 0 Å². The van der Waals surface area contributed by atoms with E-state index in [-0.39, 0.29) is 6.10 Å². The molecule has 0 unspecified atom stereocenters. The van der Waals surface area contributed by atoms with Crippen LogP contribution in [0, 0.1) is 0 Å². The zero-order valence-corrected chi connectivity index (χ0v) is 7.48. The van der Waals surface area contributed by atoms with Crippen LogP contribution < -0.4 is 0 Å². The second kappa shape index (κ2) is 5.45. The van der Waals surface area contributed by atoms with E-state index in [0.717, 1.165) is 5.56 Å². The predicted octanol–water partition coefficient (Wildman–Crippen LogP) is 2.83. The lowest BCUT2D eigenvalue weighted by atomic mass is 10.2. The molecule has 0 amide bonds. The highest BCUT2D eigenvalue weighted by molar-refractivity contribution is 7.07. The Morgan fingerprint density at radius 2 is 2.10 bits per heavy atom. The summed E-state index contributed by atoms with van der Waals surface area (Å²) in [6, 6.07) is 1.93. The zero-order chi connectivity index (χ0) is 7.98. The summed E-state index contributed by atoms with van der Waals surface area (Å²) in [5.41, 5.74) is 1.01. The average Bonchev–Trinajstić information content (AvgIpc) is 2.42. The van der Waals surface area contributed by atoms with Crippen LogP contribution in [-0.2, 0) is 0 Å². The van der Waals surface area contributed by atoms with Gasteiger partial charge in [-0.2, -0.15) is 11.3 Å². The molecular weight excluding hydrogens is 144 g/mol. The van der Waals surface area contributed by atoms with Gasteiger partial charge in [-0.3, -0.25) is 0 Å². The van der Waals surface area contributed by atoms with Crippen molar-refractivity contribution in [2.75, 3.05) is 0 Å². The van der Waals surface area contributed by atoms with E-state index in [1.54, 1.807) is 18.3 Å². The van der Waals surface area contributed by atoms with E-state index in [1.807, 2.05) is 30.7 Å². The number of rotatable bonds is 1. The molecule has 10 heavy (non-hydrogen) atoms. The first-order valence-corrected chi connectivity index (χ1v) is 4.45. The SMILES string of the molecule is CC.C[C@@H](O)c1ccsc1. The largest absolute Gasteiger partial charge is 0.389 e. The Morgan fingerprint density at radius 1 is 1.50 bits per heavy atom. The van der Waals surface area contributed by atoms with Gasteiger partial charge in [0.15, 0.2) is 0 Å². The number of aliphatic hydroxyl groups excluding tert-OH is 1. The maximum atomic E-state index is 8.92. The first-order chi connectivity index (χ1) is 4.80. The Hall–Kier alpha value is -0.340. The van der Waals surface area contributed by atoms with Crippen molar-refractivity contribution in [1.29, 1.82) is 0 Å². The topological polar surface area (TPSA) is 20.2 Å². The fourth-order valence-electron chi connectivity index (χ4n) is 0.513. The molecule has 0 aliphatic carbocycles. The fourth-order valence-corrected chi connectivity index (χ4v) is 1.26. The Balaban J connectivity index is 0.000000371. The first kappa shape index (κ1) is 9.66. The summed E-state index contributed by atoms with van der Waals surface area (Å²) >= 11 is 1.61. The molecule has 1 rings (SSSR count). The molecule has 0 aromatic carbocycles. The van der Waals surface area contributed by atoms with E-state index in [1.165, 1.54) is 0 Å². The molecule has 58 valence electrons. The summed E-state index contributed by atoms with van der Waals surface area (Å²) in [6.07, 6.45) is -0.304. The summed E-state index contributed by atoms with van der Waals surface area (Å²) in [6.45, 7) is 5.77. The van der Waals surface area contributed by atoms with Crippen LogP contribution in [0.25, 0.3) is 0 Å². The van der Waals surface area contributed by atoms with Gasteiger partial charge in [0.2, 0.25) is 0 Å². The second-order valence-electron chi connectivity index (χ2n) is 1.73. The van der Waals surface area contributed by atoms with Gasteiger partial charge in [0, 0.05) is 0 Å². The van der Waals surface area contributed by atoms with Crippen molar-refractivity contribution in [3.63, 3.8) is 0 Å². The predicted molar refractivity (Wildman–Crippen MR) is 46.3 cm³/mol. The third kappa shape index (κ3) is 2.99. The van der Waals surface area contributed by atoms with Crippen molar-refractivity contribution in [2.45, 2.75) is 26.9 Å². The molecule has 1 heterocycles. The van der Waals surface area contributed by atoms with E-state index < -0.39 is 0 Å². The van der Waals surface area contributed by atoms with Gasteiger partial charge in [0.25, 0.3) is 0 Å². The Kier molecular flexibility index (Phi) is 5.26. The summed E-state index contributed by atoms with van der Waals surface area (Å²) in [5.74, 6) is 0. The van der Waals surface area contributed by atoms with Crippen LogP contribution in [0.15, 0.2) is 16.8 Å². The maximum Gasteiger partial charge on any atom is 0.0769 e. The molecule has 0 radical (unpaired) electrons. The molecule has 0 saturated carbocycles. The molecule has 1 atom stereocenters. The number of hydrogen-bond acceptors (Lipinski definition) is 2. The molecule has 0 spiro atoms. The number of hydrogen-bond donors (Lipinski definition) is 1. The summed E-state index contributed by atoms with van der Waals surface area (Å²) < 4.78 is 0. The fraction of sp³-hybridized carbons (Fsp3) is 0.500. The third-order valence-electron chi connectivity index (χ3n) is 1.03. The zero-order valence-electron chi connectivity index (χ0n) is 6.66. The molecule has 1 aromatic heterocycles. The van der Waals surface area contributed by atoms with Crippen LogP contribution in [0.2, 0.25) is 0 Å². The molecule has 0 bridgehead atoms. The van der Waals surface area contributed by atoms with Gasteiger partial charge in [0.1, 0.15) is 0 Å². The van der Waals surface area contributed by atoms with Gasteiger partial charge < -0.3 is 5.11 Å². The summed E-state index contributed by atoms with van der Waals surface area (Å²) in [4.78, 5) is 0. The van der Waals surface area contributed by atoms with Crippen LogP contribution in [-0.4, -0.2) is 5.11 Å². The van der Waals surface area contributed by atoms with Crippen LogP contribution in [0.1, 0.15) is 32.4 Å². The van der Waals surface area contributed by atoms with Gasteiger partial charge in [-0.1, -0.05) is 13.8 Å². The van der Waals surface area contributed by atoms with Crippen LogP contribution in [0.3, 0.4) is 0 Å². The minimum Gasteiger partial charge on any atom is -0.389 e. The van der Waals surface area contributed by atoms with E-state index in [4.69, 9.17) is 5.11 Å². The maximum absolute atomic E-state index is 8.92. The standard InChI is InChI=1S/C6H8OS.C2H6/c1-5(7)6-2-3-8-4-6;1-2/h2-5,7H,1H3;1-2H3/t5-;/m1./s1. The van der Waals surface area contributed by atoms with E-state index in [0.29, 0.717) is 0 Å². The number of aliphatic hydroxyl groups is 1. The molecule has 1 nitrogen and oxygen atoms in total. The molecule has 1 aromatic rings. The van der Waals surface area contributed by atoms with Crippen LogP contribution >= 0.6 is 11.3 Å². The van der Waals surface area contributed by atoms with Crippen molar-refractivity contribution < 1.29 is 5.11 Å². The van der Waals surface area contributed by atoms with E-state index in [9.17, 15) is 0 Å². The highest BCUT2D eigenvalue weighted by Crippen LogP contribution is 2.14. The lowest BCUT2D eigenvalue weighted by molar-refractivity contribution is 0.200. The van der Waals surface area contributed by atoms with Gasteiger partial charge in [-0.05, 0) is 29.3 Å². The van der Waals surface area contributed by atoms with E-state index in [2.05, 4.69) is 0 Å². The minimum atomic E-state index is -0.304. The molecule has 2 heteroatoms. The summed E-state index contributed by atoms with van der Waals surface area (Å²) in [7, 11) is 0. The Morgan fingerprint density at radius 3 is 2.30 bits per heavy atom. The highest BCUT2D eigenvalue weighted by atomic mass is 32.1. The molecule has 0 saturated heterocycles. The van der Waals surface area contributed by atoms with Gasteiger partial charge in [-0.25, -0.2) is 0 Å². The van der Waals surface area contributed by atoms with Crippen molar-refractivity contribution in [1.82, 2.24) is 0 Å². The van der Waals surface area contributed by atoms with Crippen LogP contribution in [0.5, 0.6) is 0 Å². The molecule has 0 aliphatic heterocycles. The van der Waals surface area contributed by atoms with E-state index >= 15 is 0 Å². The van der Waals surface area contributed by atoms with Gasteiger partial charge >= 0.3 is 0 Å². The second-order valence-corrected chi connectivity index (χ2v) is 2.51. The molecular formula is C8H14OS. The summed E-state index contributed by atoms with van der Waals surface area (Å²) in [5, 5.41) is 12.8. The quantitative estimate of drug-likeness (QED) is 0.666. The normalized spacial score (nSPS) is 11.6. The lowest BCUT2D eigenvalue weighted by Gasteiger charge is -1.95. The number of thiophene rings is 1. The monoisotopic (exact) mass is 158 g/mol. The van der Waals surface area contributed by atoms with Gasteiger partial charge in [0.05, 0.1) is 6.10 Å². The lowest BCUT2D eigenvalue weighted by Crippen LogP contribution is -1.84. The molecule has 1 N–H and O–H groups in total. The van der Waals surface area contributed by atoms with Crippen molar-refractivity contribution in [3.05, 3.63) is 22.4 Å². The van der Waals surface area contributed by atoms with Crippen LogP contribution in [0.4, 0.5) is 0 Å². The molecule has 0 fully saturated rings. The smallest absolute Gasteiger partial charge is 0.0769 e. The Bertz CT molecular complexity index is 144. The average molecular weight is 158 g/mol.